The Labute approximate surface area is 117 Å². The molecule has 5 nitrogen and oxygen atoms in total. The second-order valence-corrected chi connectivity index (χ2v) is 3.79. The topological polar surface area (TPSA) is 73.3 Å². The van der Waals surface area contributed by atoms with Crippen LogP contribution in [0.15, 0.2) is 24.4 Å². The number of carbonyl (C=O) groups excluding carboxylic acids is 3. The van der Waals surface area contributed by atoms with Gasteiger partial charge in [-0.05, 0) is 26.0 Å². The second kappa shape index (κ2) is 8.37. The molecule has 0 saturated carbocycles. The number of ketones is 2. The van der Waals surface area contributed by atoms with Crippen molar-refractivity contribution in [3.8, 4) is 0 Å². The van der Waals surface area contributed by atoms with E-state index < -0.39 is 17.7 Å². The minimum atomic E-state index is -1.10. The molecule has 104 valence electrons. The number of carbonyl (C=O) groups is 3. The number of pyridine rings is 1. The van der Waals surface area contributed by atoms with Gasteiger partial charge >= 0.3 is 5.97 Å². The number of hydrogen-bond acceptors (Lipinski definition) is 5. The van der Waals surface area contributed by atoms with Gasteiger partial charge in [0, 0.05) is 12.6 Å². The van der Waals surface area contributed by atoms with Crippen molar-refractivity contribution in [2.45, 2.75) is 20.3 Å². The van der Waals surface area contributed by atoms with Crippen LogP contribution in [-0.4, -0.2) is 29.1 Å². The summed E-state index contributed by atoms with van der Waals surface area (Å²) in [6.07, 6.45) is 1.30. The molecule has 1 rings (SSSR count). The molecule has 0 aliphatic carbocycles. The zero-order valence-corrected chi connectivity index (χ0v) is 11.6. The van der Waals surface area contributed by atoms with Gasteiger partial charge in [0.15, 0.2) is 5.78 Å². The predicted molar refractivity (Wildman–Crippen MR) is 71.2 cm³/mol. The summed E-state index contributed by atoms with van der Waals surface area (Å²) < 4.78 is 4.81. The monoisotopic (exact) mass is 285 g/mol. The first kappa shape index (κ1) is 17.2. The Bertz CT molecular complexity index is 447. The van der Waals surface area contributed by atoms with Gasteiger partial charge in [0.2, 0.25) is 0 Å². The molecule has 0 bridgehead atoms. The fraction of sp³-hybridized carbons (Fsp3) is 0.385. The van der Waals surface area contributed by atoms with Crippen LogP contribution in [0.1, 0.15) is 30.8 Å². The number of hydrogen-bond donors (Lipinski definition) is 0. The molecule has 1 heterocycles. The Hall–Kier alpha value is -1.75. The second-order valence-electron chi connectivity index (χ2n) is 3.79. The molecule has 0 aliphatic heterocycles. The first-order valence-electron chi connectivity index (χ1n) is 5.67. The highest BCUT2D eigenvalue weighted by molar-refractivity contribution is 6.09. The van der Waals surface area contributed by atoms with Gasteiger partial charge in [-0.25, -0.2) is 0 Å². The fourth-order valence-electron chi connectivity index (χ4n) is 1.50. The number of aromatic nitrogens is 1. The van der Waals surface area contributed by atoms with Gasteiger partial charge in [0.1, 0.15) is 17.4 Å². The first-order chi connectivity index (χ1) is 8.56. The van der Waals surface area contributed by atoms with Gasteiger partial charge in [-0.15, -0.1) is 12.4 Å². The number of rotatable bonds is 6. The standard InChI is InChI=1S/C13H15NO4.ClH/c1-3-18-13(17)10(8-9(2)15)12(16)11-6-4-5-7-14-11;/h4-7,10H,3,8H2,1-2H3;1H. The molecule has 0 amide bonds. The molecular formula is C13H16ClNO4. The summed E-state index contributed by atoms with van der Waals surface area (Å²) in [5.41, 5.74) is 0.164. The van der Waals surface area contributed by atoms with Gasteiger partial charge in [-0.3, -0.25) is 19.4 Å². The van der Waals surface area contributed by atoms with Gasteiger partial charge in [-0.1, -0.05) is 6.07 Å². The molecule has 0 aromatic carbocycles. The van der Waals surface area contributed by atoms with Crippen LogP contribution in [0.5, 0.6) is 0 Å². The Balaban J connectivity index is 0.00000324. The lowest BCUT2D eigenvalue weighted by atomic mass is 9.95. The summed E-state index contributed by atoms with van der Waals surface area (Å²) in [4.78, 5) is 38.8. The highest BCUT2D eigenvalue weighted by Crippen LogP contribution is 2.13. The molecule has 0 fully saturated rings. The fourth-order valence-corrected chi connectivity index (χ4v) is 1.50. The van der Waals surface area contributed by atoms with Crippen LogP contribution < -0.4 is 0 Å². The Morgan fingerprint density at radius 2 is 2.00 bits per heavy atom. The third-order valence-electron chi connectivity index (χ3n) is 2.30. The summed E-state index contributed by atoms with van der Waals surface area (Å²) in [5.74, 6) is -2.50. The maximum Gasteiger partial charge on any atom is 0.317 e. The van der Waals surface area contributed by atoms with Crippen LogP contribution in [-0.2, 0) is 14.3 Å². The van der Waals surface area contributed by atoms with Crippen LogP contribution in [0.25, 0.3) is 0 Å². The molecule has 1 atom stereocenters. The summed E-state index contributed by atoms with van der Waals surface area (Å²) in [6, 6.07) is 4.83. The Kier molecular flexibility index (Phi) is 7.60. The van der Waals surface area contributed by atoms with Crippen molar-refractivity contribution in [2.75, 3.05) is 6.61 Å². The van der Waals surface area contributed by atoms with E-state index in [2.05, 4.69) is 4.98 Å². The van der Waals surface area contributed by atoms with Crippen molar-refractivity contribution in [1.29, 1.82) is 0 Å². The number of ether oxygens (including phenoxy) is 1. The minimum absolute atomic E-state index is 0. The summed E-state index contributed by atoms with van der Waals surface area (Å²) in [7, 11) is 0. The highest BCUT2D eigenvalue weighted by atomic mass is 35.5. The lowest BCUT2D eigenvalue weighted by Crippen LogP contribution is -2.28. The quantitative estimate of drug-likeness (QED) is 0.453. The molecule has 0 saturated heterocycles. The van der Waals surface area contributed by atoms with E-state index >= 15 is 0 Å². The van der Waals surface area contributed by atoms with E-state index in [-0.39, 0.29) is 36.9 Å². The third kappa shape index (κ3) is 5.18. The first-order valence-corrected chi connectivity index (χ1v) is 5.67. The van der Waals surface area contributed by atoms with Crippen molar-refractivity contribution < 1.29 is 19.1 Å². The molecule has 1 aromatic heterocycles. The van der Waals surface area contributed by atoms with Crippen molar-refractivity contribution in [3.05, 3.63) is 30.1 Å². The molecular weight excluding hydrogens is 270 g/mol. The molecule has 1 unspecified atom stereocenters. The van der Waals surface area contributed by atoms with E-state index in [1.54, 1.807) is 19.1 Å². The Morgan fingerprint density at radius 3 is 2.47 bits per heavy atom. The molecule has 0 aliphatic rings. The van der Waals surface area contributed by atoms with E-state index in [4.69, 9.17) is 4.74 Å². The van der Waals surface area contributed by atoms with E-state index in [0.717, 1.165) is 0 Å². The lowest BCUT2D eigenvalue weighted by Gasteiger charge is -2.12. The SMILES string of the molecule is CCOC(=O)C(CC(C)=O)C(=O)c1ccccn1.Cl. The van der Waals surface area contributed by atoms with Gasteiger partial charge < -0.3 is 4.74 Å². The summed E-state index contributed by atoms with van der Waals surface area (Å²) in [5, 5.41) is 0. The van der Waals surface area contributed by atoms with Crippen LogP contribution in [0.2, 0.25) is 0 Å². The van der Waals surface area contributed by atoms with E-state index in [1.165, 1.54) is 19.2 Å². The van der Waals surface area contributed by atoms with Crippen LogP contribution >= 0.6 is 12.4 Å². The van der Waals surface area contributed by atoms with Crippen LogP contribution in [0.4, 0.5) is 0 Å². The Morgan fingerprint density at radius 1 is 1.32 bits per heavy atom. The van der Waals surface area contributed by atoms with Crippen molar-refractivity contribution in [3.63, 3.8) is 0 Å². The van der Waals surface area contributed by atoms with E-state index in [1.807, 2.05) is 0 Å². The molecule has 19 heavy (non-hydrogen) atoms. The zero-order chi connectivity index (χ0) is 13.5. The smallest absolute Gasteiger partial charge is 0.317 e. The molecule has 1 aromatic rings. The maximum absolute atomic E-state index is 12.1. The van der Waals surface area contributed by atoms with Crippen molar-refractivity contribution in [1.82, 2.24) is 4.98 Å². The molecule has 0 spiro atoms. The van der Waals surface area contributed by atoms with Crippen LogP contribution in [0, 0.1) is 5.92 Å². The van der Waals surface area contributed by atoms with Crippen molar-refractivity contribution >= 4 is 29.9 Å². The number of nitrogens with zero attached hydrogens (tertiary/aromatic N) is 1. The number of halogens is 1. The lowest BCUT2D eigenvalue weighted by molar-refractivity contribution is -0.147. The largest absolute Gasteiger partial charge is 0.465 e. The maximum atomic E-state index is 12.1. The normalized spacial score (nSPS) is 11.1. The molecule has 0 N–H and O–H groups in total. The van der Waals surface area contributed by atoms with Gasteiger partial charge in [-0.2, -0.15) is 0 Å². The van der Waals surface area contributed by atoms with Crippen molar-refractivity contribution in [2.24, 2.45) is 5.92 Å². The van der Waals surface area contributed by atoms with Gasteiger partial charge in [0.25, 0.3) is 0 Å². The highest BCUT2D eigenvalue weighted by Gasteiger charge is 2.30. The minimum Gasteiger partial charge on any atom is -0.465 e. The summed E-state index contributed by atoms with van der Waals surface area (Å²) in [6.45, 7) is 3.15. The van der Waals surface area contributed by atoms with E-state index in [9.17, 15) is 14.4 Å². The molecule has 0 radical (unpaired) electrons. The van der Waals surface area contributed by atoms with E-state index in [0.29, 0.717) is 0 Å². The average Bonchev–Trinajstić information content (AvgIpc) is 2.36. The van der Waals surface area contributed by atoms with Crippen LogP contribution in [0.3, 0.4) is 0 Å². The zero-order valence-electron chi connectivity index (χ0n) is 10.8. The average molecular weight is 286 g/mol. The molecule has 6 heteroatoms. The summed E-state index contributed by atoms with van der Waals surface area (Å²) >= 11 is 0. The van der Waals surface area contributed by atoms with Gasteiger partial charge in [0.05, 0.1) is 6.61 Å². The number of esters is 1. The number of Topliss-reactive ketones (excluding diaryl/α,β-unsaturated/α-hetero) is 2. The predicted octanol–water partition coefficient (Wildman–Crippen LogP) is 1.84. The third-order valence-corrected chi connectivity index (χ3v) is 2.30.